The Morgan fingerprint density at radius 1 is 1.21 bits per heavy atom. The van der Waals surface area contributed by atoms with Gasteiger partial charge in [-0.15, -0.1) is 11.3 Å². The third-order valence-electron chi connectivity index (χ3n) is 3.27. The van der Waals surface area contributed by atoms with Crippen LogP contribution in [0.5, 0.6) is 0 Å². The number of nitrogens with one attached hydrogen (secondary N) is 1. The second-order valence-electron chi connectivity index (χ2n) is 4.69. The lowest BCUT2D eigenvalue weighted by Gasteiger charge is -2.10. The highest BCUT2D eigenvalue weighted by atomic mass is 32.1. The quantitative estimate of drug-likeness (QED) is 0.744. The molecule has 0 aliphatic rings. The van der Waals surface area contributed by atoms with Gasteiger partial charge in [0, 0.05) is 16.8 Å². The van der Waals surface area contributed by atoms with E-state index in [1.807, 2.05) is 29.5 Å². The summed E-state index contributed by atoms with van der Waals surface area (Å²) >= 11 is 1.81. The summed E-state index contributed by atoms with van der Waals surface area (Å²) in [6.45, 7) is 3.12. The molecule has 19 heavy (non-hydrogen) atoms. The zero-order chi connectivity index (χ0) is 13.1. The minimum absolute atomic E-state index is 0.243. The van der Waals surface area contributed by atoms with Gasteiger partial charge in [-0.3, -0.25) is 0 Å². The molecule has 1 aromatic carbocycles. The van der Waals surface area contributed by atoms with Crippen molar-refractivity contribution in [1.29, 1.82) is 0 Å². The first kappa shape index (κ1) is 12.5. The second kappa shape index (κ2) is 5.59. The number of rotatable bonds is 5. The van der Waals surface area contributed by atoms with E-state index in [0.29, 0.717) is 0 Å². The van der Waals surface area contributed by atoms with Crippen LogP contribution in [-0.4, -0.2) is 6.54 Å². The molecule has 2 heterocycles. The van der Waals surface area contributed by atoms with Crippen molar-refractivity contribution in [2.75, 3.05) is 6.54 Å². The van der Waals surface area contributed by atoms with Crippen LogP contribution in [0.1, 0.15) is 23.6 Å². The van der Waals surface area contributed by atoms with Crippen molar-refractivity contribution < 1.29 is 4.42 Å². The first-order chi connectivity index (χ1) is 9.33. The van der Waals surface area contributed by atoms with Gasteiger partial charge in [-0.1, -0.05) is 24.3 Å². The molecule has 1 N–H and O–H groups in total. The van der Waals surface area contributed by atoms with Crippen LogP contribution >= 0.6 is 11.3 Å². The van der Waals surface area contributed by atoms with Gasteiger partial charge in [-0.05, 0) is 36.9 Å². The first-order valence-electron chi connectivity index (χ1n) is 6.57. The number of benzene rings is 1. The fourth-order valence-electron chi connectivity index (χ4n) is 2.18. The Morgan fingerprint density at radius 3 is 2.89 bits per heavy atom. The summed E-state index contributed by atoms with van der Waals surface area (Å²) in [6, 6.07) is 14.8. The highest BCUT2D eigenvalue weighted by Gasteiger charge is 2.10. The molecule has 0 aliphatic heterocycles. The van der Waals surface area contributed by atoms with Crippen molar-refractivity contribution >= 4 is 22.3 Å². The molecule has 0 fully saturated rings. The molecule has 2 nitrogen and oxygen atoms in total. The van der Waals surface area contributed by atoms with Crippen LogP contribution < -0.4 is 5.32 Å². The van der Waals surface area contributed by atoms with E-state index in [1.165, 1.54) is 10.3 Å². The van der Waals surface area contributed by atoms with E-state index in [4.69, 9.17) is 4.42 Å². The monoisotopic (exact) mass is 271 g/mol. The highest BCUT2D eigenvalue weighted by Crippen LogP contribution is 2.23. The summed E-state index contributed by atoms with van der Waals surface area (Å²) in [5.74, 6) is 1.01. The molecule has 0 saturated heterocycles. The molecular formula is C16H17NOS. The van der Waals surface area contributed by atoms with Crippen molar-refractivity contribution in [3.05, 3.63) is 58.5 Å². The van der Waals surface area contributed by atoms with Crippen molar-refractivity contribution in [3.63, 3.8) is 0 Å². The number of para-hydroxylation sites is 1. The van der Waals surface area contributed by atoms with E-state index in [-0.39, 0.29) is 6.04 Å². The van der Waals surface area contributed by atoms with E-state index in [1.54, 1.807) is 0 Å². The molecule has 0 radical (unpaired) electrons. The zero-order valence-corrected chi connectivity index (χ0v) is 11.7. The first-order valence-corrected chi connectivity index (χ1v) is 7.45. The maximum absolute atomic E-state index is 5.86. The summed E-state index contributed by atoms with van der Waals surface area (Å²) in [4.78, 5) is 1.42. The van der Waals surface area contributed by atoms with Gasteiger partial charge in [0.15, 0.2) is 0 Å². The van der Waals surface area contributed by atoms with Crippen LogP contribution in [0, 0.1) is 0 Å². The summed E-state index contributed by atoms with van der Waals surface area (Å²) in [7, 11) is 0. The van der Waals surface area contributed by atoms with Crippen LogP contribution in [0.25, 0.3) is 11.0 Å². The predicted octanol–water partition coefficient (Wildman–Crippen LogP) is 4.39. The average molecular weight is 271 g/mol. The average Bonchev–Trinajstić information content (AvgIpc) is 3.07. The molecule has 2 aromatic heterocycles. The van der Waals surface area contributed by atoms with Gasteiger partial charge in [0.25, 0.3) is 0 Å². The third-order valence-corrected chi connectivity index (χ3v) is 4.21. The van der Waals surface area contributed by atoms with Crippen molar-refractivity contribution in [3.8, 4) is 0 Å². The fraction of sp³-hybridized carbons (Fsp3) is 0.250. The Balaban J connectivity index is 1.61. The number of hydrogen-bond acceptors (Lipinski definition) is 3. The number of furan rings is 1. The molecule has 0 saturated carbocycles. The molecule has 0 amide bonds. The smallest absolute Gasteiger partial charge is 0.134 e. The van der Waals surface area contributed by atoms with Gasteiger partial charge in [-0.2, -0.15) is 0 Å². The fourth-order valence-corrected chi connectivity index (χ4v) is 2.89. The molecular weight excluding hydrogens is 254 g/mol. The van der Waals surface area contributed by atoms with Gasteiger partial charge in [-0.25, -0.2) is 0 Å². The van der Waals surface area contributed by atoms with Gasteiger partial charge in [0.1, 0.15) is 11.3 Å². The molecule has 1 unspecified atom stereocenters. The van der Waals surface area contributed by atoms with Crippen molar-refractivity contribution in [1.82, 2.24) is 5.32 Å². The minimum atomic E-state index is 0.243. The Morgan fingerprint density at radius 2 is 2.11 bits per heavy atom. The van der Waals surface area contributed by atoms with Gasteiger partial charge in [0.05, 0.1) is 6.04 Å². The van der Waals surface area contributed by atoms with Gasteiger partial charge >= 0.3 is 0 Å². The third kappa shape index (κ3) is 2.88. The second-order valence-corrected chi connectivity index (χ2v) is 5.72. The van der Waals surface area contributed by atoms with E-state index in [9.17, 15) is 0 Å². The zero-order valence-electron chi connectivity index (χ0n) is 10.9. The maximum Gasteiger partial charge on any atom is 0.134 e. The number of hydrogen-bond donors (Lipinski definition) is 1. The highest BCUT2D eigenvalue weighted by molar-refractivity contribution is 7.09. The summed E-state index contributed by atoms with van der Waals surface area (Å²) in [5.41, 5.74) is 0.962. The molecule has 1 atom stereocenters. The van der Waals surface area contributed by atoms with Crippen LogP contribution in [0.2, 0.25) is 0 Å². The van der Waals surface area contributed by atoms with Crippen molar-refractivity contribution in [2.45, 2.75) is 19.4 Å². The Labute approximate surface area is 117 Å². The van der Waals surface area contributed by atoms with Gasteiger partial charge < -0.3 is 9.73 Å². The van der Waals surface area contributed by atoms with Crippen LogP contribution in [-0.2, 0) is 6.42 Å². The van der Waals surface area contributed by atoms with Crippen LogP contribution in [0.15, 0.2) is 52.3 Å². The molecule has 3 heteroatoms. The van der Waals surface area contributed by atoms with E-state index < -0.39 is 0 Å². The van der Waals surface area contributed by atoms with Crippen LogP contribution in [0.4, 0.5) is 0 Å². The topological polar surface area (TPSA) is 25.2 Å². The molecule has 0 aliphatic carbocycles. The van der Waals surface area contributed by atoms with E-state index >= 15 is 0 Å². The summed E-state index contributed by atoms with van der Waals surface area (Å²) in [5, 5.41) is 6.80. The normalized spacial score (nSPS) is 12.9. The van der Waals surface area contributed by atoms with Gasteiger partial charge in [0.2, 0.25) is 0 Å². The lowest BCUT2D eigenvalue weighted by molar-refractivity contribution is 0.454. The Kier molecular flexibility index (Phi) is 3.67. The maximum atomic E-state index is 5.86. The summed E-state index contributed by atoms with van der Waals surface area (Å²) in [6.07, 6.45) is 1.07. The SMILES string of the molecule is CC(NCCc1cccs1)c1cc2ccccc2o1. The van der Waals surface area contributed by atoms with E-state index in [2.05, 4.69) is 41.9 Å². The Hall–Kier alpha value is -1.58. The molecule has 98 valence electrons. The van der Waals surface area contributed by atoms with E-state index in [0.717, 1.165) is 24.3 Å². The van der Waals surface area contributed by atoms with Crippen LogP contribution in [0.3, 0.4) is 0 Å². The number of fused-ring (bicyclic) bond motifs is 1. The largest absolute Gasteiger partial charge is 0.459 e. The minimum Gasteiger partial charge on any atom is -0.459 e. The Bertz CT molecular complexity index is 609. The standard InChI is InChI=1S/C16H17NOS/c1-12(17-9-8-14-6-4-10-19-14)16-11-13-5-2-3-7-15(13)18-16/h2-7,10-12,17H,8-9H2,1H3. The molecule has 0 bridgehead atoms. The lowest BCUT2D eigenvalue weighted by atomic mass is 10.2. The molecule has 3 aromatic rings. The molecule has 3 rings (SSSR count). The van der Waals surface area contributed by atoms with Crippen molar-refractivity contribution in [2.24, 2.45) is 0 Å². The predicted molar refractivity (Wildman–Crippen MR) is 80.7 cm³/mol. The lowest BCUT2D eigenvalue weighted by Crippen LogP contribution is -2.20. The molecule has 0 spiro atoms. The number of thiophene rings is 1. The summed E-state index contributed by atoms with van der Waals surface area (Å²) < 4.78 is 5.86.